The standard InChI is InChI=1S/C18H33N5O6S2/c1-9(2)6-10(19)15(25)23-13(8-30)17(27)22-12(7-14(20)24)16(26)21-11(18(28)29)4-5-31-3/h9-13,30H,4-8,19H2,1-3H3,(H2,20,24)(H,21,26)(H,22,27)(H,23,25)(H,28,29). The van der Waals surface area contributed by atoms with Gasteiger partial charge in [0.1, 0.15) is 18.1 Å². The van der Waals surface area contributed by atoms with E-state index in [-0.39, 0.29) is 18.1 Å². The van der Waals surface area contributed by atoms with E-state index in [1.807, 2.05) is 13.8 Å². The van der Waals surface area contributed by atoms with Gasteiger partial charge in [0.15, 0.2) is 0 Å². The molecular weight excluding hydrogens is 446 g/mol. The highest BCUT2D eigenvalue weighted by molar-refractivity contribution is 7.98. The first kappa shape index (κ1) is 29.0. The molecule has 4 atom stereocenters. The number of carboxylic acids is 1. The number of hydrogen-bond donors (Lipinski definition) is 7. The number of rotatable bonds is 15. The number of aliphatic carboxylic acids is 1. The van der Waals surface area contributed by atoms with E-state index in [4.69, 9.17) is 11.5 Å². The molecule has 0 aromatic carbocycles. The Morgan fingerprint density at radius 1 is 0.968 bits per heavy atom. The zero-order chi connectivity index (χ0) is 24.1. The van der Waals surface area contributed by atoms with E-state index < -0.39 is 60.2 Å². The third-order valence-corrected chi connectivity index (χ3v) is 5.15. The maximum absolute atomic E-state index is 12.6. The SMILES string of the molecule is CSCCC(NC(=O)C(CC(N)=O)NC(=O)C(CS)NC(=O)C(N)CC(C)C)C(=O)O. The van der Waals surface area contributed by atoms with Crippen LogP contribution >= 0.6 is 24.4 Å². The van der Waals surface area contributed by atoms with Gasteiger partial charge in [-0.1, -0.05) is 13.8 Å². The van der Waals surface area contributed by atoms with Crippen molar-refractivity contribution in [1.29, 1.82) is 0 Å². The van der Waals surface area contributed by atoms with Crippen molar-refractivity contribution >= 4 is 54.0 Å². The quantitative estimate of drug-likeness (QED) is 0.137. The molecule has 31 heavy (non-hydrogen) atoms. The maximum atomic E-state index is 12.6. The molecule has 0 bridgehead atoms. The molecule has 0 aromatic rings. The molecule has 4 amide bonds. The van der Waals surface area contributed by atoms with Gasteiger partial charge in [0.05, 0.1) is 12.5 Å². The van der Waals surface area contributed by atoms with E-state index in [0.717, 1.165) is 0 Å². The van der Waals surface area contributed by atoms with E-state index in [1.54, 1.807) is 6.26 Å². The molecule has 0 aliphatic heterocycles. The Bertz CT molecular complexity index is 649. The third-order valence-electron chi connectivity index (χ3n) is 4.14. The lowest BCUT2D eigenvalue weighted by Gasteiger charge is -2.24. The molecule has 0 spiro atoms. The Morgan fingerprint density at radius 3 is 1.94 bits per heavy atom. The van der Waals surface area contributed by atoms with E-state index >= 15 is 0 Å². The number of nitrogens with two attached hydrogens (primary N) is 2. The summed E-state index contributed by atoms with van der Waals surface area (Å²) in [4.78, 5) is 60.0. The molecule has 0 rings (SSSR count). The average molecular weight is 480 g/mol. The van der Waals surface area contributed by atoms with Crippen LogP contribution in [0.2, 0.25) is 0 Å². The van der Waals surface area contributed by atoms with Crippen LogP contribution in [0.25, 0.3) is 0 Å². The monoisotopic (exact) mass is 479 g/mol. The van der Waals surface area contributed by atoms with Gasteiger partial charge in [0, 0.05) is 5.75 Å². The van der Waals surface area contributed by atoms with E-state index in [2.05, 4.69) is 28.6 Å². The first-order chi connectivity index (χ1) is 14.4. The lowest BCUT2D eigenvalue weighted by molar-refractivity contribution is -0.142. The van der Waals surface area contributed by atoms with Gasteiger partial charge < -0.3 is 32.5 Å². The molecule has 0 fully saturated rings. The Hall–Kier alpha value is -1.99. The molecule has 0 aliphatic carbocycles. The minimum atomic E-state index is -1.41. The summed E-state index contributed by atoms with van der Waals surface area (Å²) in [6.45, 7) is 3.79. The highest BCUT2D eigenvalue weighted by atomic mass is 32.2. The average Bonchev–Trinajstić information content (AvgIpc) is 2.66. The highest BCUT2D eigenvalue weighted by Gasteiger charge is 2.30. The van der Waals surface area contributed by atoms with Crippen LogP contribution in [0.4, 0.5) is 0 Å². The Morgan fingerprint density at radius 2 is 1.48 bits per heavy atom. The van der Waals surface area contributed by atoms with E-state index in [1.165, 1.54) is 11.8 Å². The van der Waals surface area contributed by atoms with Crippen LogP contribution in [0.3, 0.4) is 0 Å². The number of carboxylic acid groups (broad SMARTS) is 1. The number of hydrogen-bond acceptors (Lipinski definition) is 8. The summed E-state index contributed by atoms with van der Waals surface area (Å²) in [6, 6.07) is -4.55. The lowest BCUT2D eigenvalue weighted by atomic mass is 10.0. The zero-order valence-corrected chi connectivity index (χ0v) is 19.6. The summed E-state index contributed by atoms with van der Waals surface area (Å²) in [6.07, 6.45) is 1.80. The summed E-state index contributed by atoms with van der Waals surface area (Å²) in [5.74, 6) is -3.77. The summed E-state index contributed by atoms with van der Waals surface area (Å²) in [5.41, 5.74) is 11.0. The van der Waals surface area contributed by atoms with Crippen LogP contribution in [-0.2, 0) is 24.0 Å². The number of thioether (sulfide) groups is 1. The van der Waals surface area contributed by atoms with Gasteiger partial charge in [-0.2, -0.15) is 24.4 Å². The number of carbonyl (C=O) groups is 5. The van der Waals surface area contributed by atoms with Gasteiger partial charge in [0.25, 0.3) is 0 Å². The minimum Gasteiger partial charge on any atom is -0.480 e. The molecule has 0 saturated carbocycles. The molecule has 178 valence electrons. The Kier molecular flexibility index (Phi) is 14.0. The van der Waals surface area contributed by atoms with Gasteiger partial charge in [-0.3, -0.25) is 19.2 Å². The second-order valence-corrected chi connectivity index (χ2v) is 8.74. The van der Waals surface area contributed by atoms with Gasteiger partial charge in [0.2, 0.25) is 23.6 Å². The highest BCUT2D eigenvalue weighted by Crippen LogP contribution is 2.05. The second kappa shape index (κ2) is 14.9. The largest absolute Gasteiger partial charge is 0.480 e. The fourth-order valence-corrected chi connectivity index (χ4v) is 3.26. The van der Waals surface area contributed by atoms with E-state index in [9.17, 15) is 29.1 Å². The Labute approximate surface area is 191 Å². The molecule has 0 saturated heterocycles. The van der Waals surface area contributed by atoms with Crippen LogP contribution in [0, 0.1) is 5.92 Å². The van der Waals surface area contributed by atoms with Crippen LogP contribution in [0.15, 0.2) is 0 Å². The van der Waals surface area contributed by atoms with Gasteiger partial charge in [-0.05, 0) is 30.8 Å². The number of primary amides is 1. The molecule has 13 heteroatoms. The number of nitrogens with one attached hydrogen (secondary N) is 3. The van der Waals surface area contributed by atoms with Crippen molar-refractivity contribution in [2.45, 2.75) is 57.3 Å². The molecule has 8 N–H and O–H groups in total. The normalized spacial score (nSPS) is 14.8. The van der Waals surface area contributed by atoms with Crippen molar-refractivity contribution in [2.24, 2.45) is 17.4 Å². The first-order valence-corrected chi connectivity index (χ1v) is 11.7. The lowest BCUT2D eigenvalue weighted by Crippen LogP contribution is -2.58. The van der Waals surface area contributed by atoms with Crippen LogP contribution in [0.1, 0.15) is 33.1 Å². The Balaban J connectivity index is 5.23. The van der Waals surface area contributed by atoms with Crippen LogP contribution in [-0.4, -0.2) is 76.6 Å². The molecule has 0 aliphatic rings. The summed E-state index contributed by atoms with van der Waals surface area (Å²) >= 11 is 5.45. The summed E-state index contributed by atoms with van der Waals surface area (Å²) in [5, 5.41) is 16.3. The van der Waals surface area contributed by atoms with Crippen molar-refractivity contribution < 1.29 is 29.1 Å². The van der Waals surface area contributed by atoms with Crippen molar-refractivity contribution in [3.05, 3.63) is 0 Å². The molecular formula is C18H33N5O6S2. The van der Waals surface area contributed by atoms with Crippen molar-refractivity contribution in [3.8, 4) is 0 Å². The number of carbonyl (C=O) groups excluding carboxylic acids is 4. The van der Waals surface area contributed by atoms with Gasteiger partial charge in [-0.15, -0.1) is 0 Å². The molecule has 0 aromatic heterocycles. The summed E-state index contributed by atoms with van der Waals surface area (Å²) in [7, 11) is 0. The fraction of sp³-hybridized carbons (Fsp3) is 0.722. The predicted octanol–water partition coefficient (Wildman–Crippen LogP) is -1.54. The fourth-order valence-electron chi connectivity index (χ4n) is 2.54. The van der Waals surface area contributed by atoms with E-state index in [0.29, 0.717) is 12.2 Å². The minimum absolute atomic E-state index is 0.0949. The maximum Gasteiger partial charge on any atom is 0.326 e. The van der Waals surface area contributed by atoms with Crippen molar-refractivity contribution in [1.82, 2.24) is 16.0 Å². The number of thiol groups is 1. The summed E-state index contributed by atoms with van der Waals surface area (Å²) < 4.78 is 0. The van der Waals surface area contributed by atoms with Gasteiger partial charge in [-0.25, -0.2) is 4.79 Å². The topological polar surface area (TPSA) is 194 Å². The third kappa shape index (κ3) is 11.8. The molecule has 0 heterocycles. The molecule has 4 unspecified atom stereocenters. The van der Waals surface area contributed by atoms with Crippen molar-refractivity contribution in [2.75, 3.05) is 17.8 Å². The predicted molar refractivity (Wildman–Crippen MR) is 122 cm³/mol. The van der Waals surface area contributed by atoms with Crippen LogP contribution < -0.4 is 27.4 Å². The smallest absolute Gasteiger partial charge is 0.326 e. The molecule has 0 radical (unpaired) electrons. The van der Waals surface area contributed by atoms with Crippen molar-refractivity contribution in [3.63, 3.8) is 0 Å². The first-order valence-electron chi connectivity index (χ1n) is 9.70. The molecule has 11 nitrogen and oxygen atoms in total. The second-order valence-electron chi connectivity index (χ2n) is 7.39. The van der Waals surface area contributed by atoms with Crippen LogP contribution in [0.5, 0.6) is 0 Å². The van der Waals surface area contributed by atoms with Gasteiger partial charge >= 0.3 is 5.97 Å². The zero-order valence-electron chi connectivity index (χ0n) is 17.9. The number of amides is 4.